The van der Waals surface area contributed by atoms with Gasteiger partial charge in [0, 0.05) is 11.1 Å². The number of rotatable bonds is 5. The van der Waals surface area contributed by atoms with Crippen LogP contribution in [0.5, 0.6) is 11.5 Å². The molecule has 0 saturated heterocycles. The van der Waals surface area contributed by atoms with Gasteiger partial charge in [-0.25, -0.2) is 4.39 Å². The first-order chi connectivity index (χ1) is 11.0. The third kappa shape index (κ3) is 3.97. The van der Waals surface area contributed by atoms with E-state index in [1.165, 1.54) is 19.2 Å². The molecule has 0 unspecified atom stereocenters. The van der Waals surface area contributed by atoms with Gasteiger partial charge in [-0.3, -0.25) is 0 Å². The van der Waals surface area contributed by atoms with Crippen LogP contribution in [0.3, 0.4) is 0 Å². The molecule has 0 amide bonds. The predicted molar refractivity (Wildman–Crippen MR) is 87.4 cm³/mol. The molecule has 0 aliphatic heterocycles. The highest BCUT2D eigenvalue weighted by Crippen LogP contribution is 2.28. The lowest BCUT2D eigenvalue weighted by Crippen LogP contribution is -2.22. The van der Waals surface area contributed by atoms with Gasteiger partial charge >= 0.3 is 0 Å². The average Bonchev–Trinajstić information content (AvgIpc) is 2.56. The van der Waals surface area contributed by atoms with Gasteiger partial charge in [-0.15, -0.1) is 10.2 Å². The summed E-state index contributed by atoms with van der Waals surface area (Å²) in [6.07, 6.45) is 0. The number of hydrogen-bond acceptors (Lipinski definition) is 4. The average molecular weight is 316 g/mol. The van der Waals surface area contributed by atoms with Crippen molar-refractivity contribution in [1.82, 2.24) is 0 Å². The molecule has 2 rings (SSSR count). The summed E-state index contributed by atoms with van der Waals surface area (Å²) in [4.78, 5) is 0. The quantitative estimate of drug-likeness (QED) is 0.500. The van der Waals surface area contributed by atoms with Crippen molar-refractivity contribution >= 4 is 11.7 Å². The van der Waals surface area contributed by atoms with Crippen molar-refractivity contribution in [2.75, 3.05) is 14.2 Å². The minimum absolute atomic E-state index is 0.176. The number of guanidine groups is 1. The Balaban J connectivity index is 2.56. The SMILES string of the molecule is COc1ccc(/C(=N/N=C(N)N)c2ccc(F)cc2)cc1OC. The number of nitrogens with two attached hydrogens (primary N) is 2. The highest BCUT2D eigenvalue weighted by Gasteiger charge is 2.12. The Kier molecular flexibility index (Phi) is 5.14. The zero-order valence-corrected chi connectivity index (χ0v) is 12.8. The minimum Gasteiger partial charge on any atom is -0.493 e. The van der Waals surface area contributed by atoms with Crippen LogP contribution in [0.2, 0.25) is 0 Å². The van der Waals surface area contributed by atoms with Crippen LogP contribution in [0.15, 0.2) is 52.7 Å². The monoisotopic (exact) mass is 316 g/mol. The number of nitrogens with zero attached hydrogens (tertiary/aromatic N) is 2. The van der Waals surface area contributed by atoms with Crippen molar-refractivity contribution in [3.8, 4) is 11.5 Å². The fraction of sp³-hybridized carbons (Fsp3) is 0.125. The van der Waals surface area contributed by atoms with E-state index >= 15 is 0 Å². The van der Waals surface area contributed by atoms with Crippen LogP contribution in [0.25, 0.3) is 0 Å². The van der Waals surface area contributed by atoms with E-state index in [0.717, 1.165) is 0 Å². The zero-order valence-electron chi connectivity index (χ0n) is 12.8. The lowest BCUT2D eigenvalue weighted by Gasteiger charge is -2.11. The van der Waals surface area contributed by atoms with Crippen LogP contribution in [-0.2, 0) is 0 Å². The third-order valence-electron chi connectivity index (χ3n) is 3.04. The summed E-state index contributed by atoms with van der Waals surface area (Å²) in [7, 11) is 3.08. The summed E-state index contributed by atoms with van der Waals surface area (Å²) < 4.78 is 23.6. The molecule has 4 N–H and O–H groups in total. The van der Waals surface area contributed by atoms with E-state index < -0.39 is 0 Å². The second-order valence-corrected chi connectivity index (χ2v) is 4.55. The predicted octanol–water partition coefficient (Wildman–Crippen LogP) is 1.87. The Morgan fingerprint density at radius 1 is 0.870 bits per heavy atom. The maximum Gasteiger partial charge on any atom is 0.211 e. The number of ether oxygens (including phenoxy) is 2. The fourth-order valence-electron chi connectivity index (χ4n) is 1.98. The van der Waals surface area contributed by atoms with E-state index in [1.54, 1.807) is 37.4 Å². The molecule has 0 atom stereocenters. The van der Waals surface area contributed by atoms with Gasteiger partial charge < -0.3 is 20.9 Å². The molecule has 0 spiro atoms. The molecular weight excluding hydrogens is 299 g/mol. The van der Waals surface area contributed by atoms with E-state index in [9.17, 15) is 4.39 Å². The van der Waals surface area contributed by atoms with E-state index in [-0.39, 0.29) is 11.8 Å². The van der Waals surface area contributed by atoms with Crippen LogP contribution in [-0.4, -0.2) is 25.9 Å². The Morgan fingerprint density at radius 2 is 1.48 bits per heavy atom. The van der Waals surface area contributed by atoms with E-state index in [0.29, 0.717) is 28.3 Å². The number of benzene rings is 2. The molecular formula is C16H17FN4O2. The maximum atomic E-state index is 13.1. The Labute approximate surface area is 133 Å². The number of hydrogen-bond donors (Lipinski definition) is 2. The fourth-order valence-corrected chi connectivity index (χ4v) is 1.98. The van der Waals surface area contributed by atoms with Gasteiger partial charge in [0.15, 0.2) is 11.5 Å². The first-order valence-corrected chi connectivity index (χ1v) is 6.70. The minimum atomic E-state index is -0.345. The first-order valence-electron chi connectivity index (χ1n) is 6.70. The van der Waals surface area contributed by atoms with Gasteiger partial charge in [0.2, 0.25) is 5.96 Å². The van der Waals surface area contributed by atoms with Gasteiger partial charge in [0.05, 0.1) is 14.2 Å². The zero-order chi connectivity index (χ0) is 16.8. The molecule has 7 heteroatoms. The smallest absolute Gasteiger partial charge is 0.211 e. The molecule has 0 heterocycles. The molecule has 23 heavy (non-hydrogen) atoms. The highest BCUT2D eigenvalue weighted by atomic mass is 19.1. The van der Waals surface area contributed by atoms with E-state index in [4.69, 9.17) is 20.9 Å². The van der Waals surface area contributed by atoms with Crippen molar-refractivity contribution in [3.05, 3.63) is 59.4 Å². The molecule has 0 aromatic heterocycles. The summed E-state index contributed by atoms with van der Waals surface area (Å²) in [5, 5.41) is 7.75. The van der Waals surface area contributed by atoms with E-state index in [2.05, 4.69) is 10.2 Å². The van der Waals surface area contributed by atoms with Gasteiger partial charge in [-0.05, 0) is 42.5 Å². The largest absolute Gasteiger partial charge is 0.493 e. The summed E-state index contributed by atoms with van der Waals surface area (Å²) in [6.45, 7) is 0. The highest BCUT2D eigenvalue weighted by molar-refractivity contribution is 6.13. The lowest BCUT2D eigenvalue weighted by atomic mass is 10.0. The lowest BCUT2D eigenvalue weighted by molar-refractivity contribution is 0.355. The normalized spacial score (nSPS) is 11.0. The summed E-state index contributed by atoms with van der Waals surface area (Å²) in [5.41, 5.74) is 12.5. The second kappa shape index (κ2) is 7.26. The molecule has 0 fully saturated rings. The second-order valence-electron chi connectivity index (χ2n) is 4.55. The molecule has 0 bridgehead atoms. The van der Waals surface area contributed by atoms with E-state index in [1.807, 2.05) is 0 Å². The summed E-state index contributed by atoms with van der Waals surface area (Å²) in [5.74, 6) is 0.591. The van der Waals surface area contributed by atoms with Gasteiger partial charge in [0.1, 0.15) is 11.5 Å². The maximum absolute atomic E-state index is 13.1. The molecule has 2 aromatic rings. The topological polar surface area (TPSA) is 95.2 Å². The van der Waals surface area contributed by atoms with Crippen LogP contribution in [0.4, 0.5) is 4.39 Å². The van der Waals surface area contributed by atoms with Crippen molar-refractivity contribution in [1.29, 1.82) is 0 Å². The first kappa shape index (κ1) is 16.3. The van der Waals surface area contributed by atoms with Crippen molar-refractivity contribution in [2.45, 2.75) is 0 Å². The van der Waals surface area contributed by atoms with Crippen LogP contribution in [0, 0.1) is 5.82 Å². The number of methoxy groups -OCH3 is 2. The Hall–Kier alpha value is -3.09. The molecule has 0 radical (unpaired) electrons. The van der Waals surface area contributed by atoms with Crippen LogP contribution >= 0.6 is 0 Å². The standard InChI is InChI=1S/C16H17FN4O2/c1-22-13-8-5-11(9-14(13)23-2)15(20-21-16(18)19)10-3-6-12(17)7-4-10/h3-9H,1-2H3,(H4,18,19,21)/b20-15+. The van der Waals surface area contributed by atoms with Crippen molar-refractivity contribution in [3.63, 3.8) is 0 Å². The van der Waals surface area contributed by atoms with Gasteiger partial charge in [-0.2, -0.15) is 0 Å². The van der Waals surface area contributed by atoms with Gasteiger partial charge in [-0.1, -0.05) is 0 Å². The Bertz CT molecular complexity index is 738. The Morgan fingerprint density at radius 3 is 2.04 bits per heavy atom. The molecule has 0 saturated carbocycles. The number of halogens is 1. The molecule has 120 valence electrons. The van der Waals surface area contributed by atoms with Crippen LogP contribution < -0.4 is 20.9 Å². The van der Waals surface area contributed by atoms with Crippen molar-refractivity contribution in [2.24, 2.45) is 21.7 Å². The molecule has 0 aliphatic carbocycles. The van der Waals surface area contributed by atoms with Gasteiger partial charge in [0.25, 0.3) is 0 Å². The molecule has 6 nitrogen and oxygen atoms in total. The van der Waals surface area contributed by atoms with Crippen molar-refractivity contribution < 1.29 is 13.9 Å². The van der Waals surface area contributed by atoms with Crippen LogP contribution in [0.1, 0.15) is 11.1 Å². The third-order valence-corrected chi connectivity index (χ3v) is 3.04. The molecule has 0 aliphatic rings. The summed E-state index contributed by atoms with van der Waals surface area (Å²) in [6, 6.07) is 11.1. The summed E-state index contributed by atoms with van der Waals surface area (Å²) >= 11 is 0. The molecule has 2 aromatic carbocycles.